The number of hydrogen-bond acceptors (Lipinski definition) is 3. The molecule has 1 aromatic carbocycles. The molecule has 1 aromatic heterocycles. The molecule has 2 rings (SSSR count). The van der Waals surface area contributed by atoms with Crippen LogP contribution in [0.3, 0.4) is 0 Å². The minimum atomic E-state index is -3.49. The Balaban J connectivity index is 2.19. The van der Waals surface area contributed by atoms with E-state index in [1.54, 1.807) is 14.1 Å². The molecule has 5 nitrogen and oxygen atoms in total. The molecule has 0 spiro atoms. The molecule has 0 aliphatic heterocycles. The smallest absolute Gasteiger partial charge is 0.246 e. The van der Waals surface area contributed by atoms with Crippen LogP contribution in [0.5, 0.6) is 0 Å². The third kappa shape index (κ3) is 3.23. The molecule has 0 aliphatic rings. The lowest BCUT2D eigenvalue weighted by Gasteiger charge is -2.16. The summed E-state index contributed by atoms with van der Waals surface area (Å²) in [5, 5.41) is 3.89. The highest BCUT2D eigenvalue weighted by Gasteiger charge is 2.22. The van der Waals surface area contributed by atoms with Crippen LogP contribution in [-0.2, 0) is 23.6 Å². The second kappa shape index (κ2) is 5.44. The minimum Gasteiger partial charge on any atom is -0.274 e. The third-order valence-electron chi connectivity index (χ3n) is 2.71. The Kier molecular flexibility index (Phi) is 4.07. The summed E-state index contributed by atoms with van der Waals surface area (Å²) in [7, 11) is -0.240. The molecule has 19 heavy (non-hydrogen) atoms. The Hall–Kier alpha value is -1.18. The van der Waals surface area contributed by atoms with E-state index >= 15 is 0 Å². The lowest BCUT2D eigenvalue weighted by molar-refractivity contribution is 0.466. The molecule has 0 fully saturated rings. The molecule has 102 valence electrons. The van der Waals surface area contributed by atoms with Gasteiger partial charge in [0.1, 0.15) is 4.90 Å². The molecule has 7 heteroatoms. The van der Waals surface area contributed by atoms with Crippen molar-refractivity contribution in [2.24, 2.45) is 7.05 Å². The normalized spacial score (nSPS) is 12.0. The zero-order valence-electron chi connectivity index (χ0n) is 10.6. The maximum absolute atomic E-state index is 12.3. The largest absolute Gasteiger partial charge is 0.274 e. The van der Waals surface area contributed by atoms with E-state index in [9.17, 15) is 8.42 Å². The van der Waals surface area contributed by atoms with Crippen molar-refractivity contribution >= 4 is 26.0 Å². The number of benzene rings is 1. The first-order valence-corrected chi connectivity index (χ1v) is 7.82. The first kappa shape index (κ1) is 14.2. The Labute approximate surface area is 121 Å². The summed E-state index contributed by atoms with van der Waals surface area (Å²) in [6, 6.07) is 7.55. The number of rotatable bonds is 4. The second-order valence-corrected chi connectivity index (χ2v) is 7.20. The predicted molar refractivity (Wildman–Crippen MR) is 76.0 cm³/mol. The van der Waals surface area contributed by atoms with E-state index in [2.05, 4.69) is 21.0 Å². The van der Waals surface area contributed by atoms with Crippen molar-refractivity contribution in [1.29, 1.82) is 0 Å². The van der Waals surface area contributed by atoms with Crippen molar-refractivity contribution in [3.63, 3.8) is 0 Å². The minimum absolute atomic E-state index is 0.203. The van der Waals surface area contributed by atoms with Crippen molar-refractivity contribution < 1.29 is 8.42 Å². The van der Waals surface area contributed by atoms with Crippen molar-refractivity contribution in [2.45, 2.75) is 11.4 Å². The summed E-state index contributed by atoms with van der Waals surface area (Å²) in [6.07, 6.45) is 2.85. The van der Waals surface area contributed by atoms with E-state index in [-0.39, 0.29) is 4.90 Å². The van der Waals surface area contributed by atoms with E-state index in [1.807, 2.05) is 24.3 Å². The van der Waals surface area contributed by atoms with E-state index in [1.165, 1.54) is 21.4 Å². The SMILES string of the molecule is CN(Cc1ccc(Br)cc1)S(=O)(=O)c1cnn(C)c1. The number of aryl methyl sites for hydroxylation is 1. The summed E-state index contributed by atoms with van der Waals surface area (Å²) < 4.78 is 28.3. The summed E-state index contributed by atoms with van der Waals surface area (Å²) >= 11 is 3.35. The van der Waals surface area contributed by atoms with Gasteiger partial charge in [-0.05, 0) is 17.7 Å². The molecule has 0 amide bonds. The van der Waals surface area contributed by atoms with Crippen LogP contribution < -0.4 is 0 Å². The Bertz CT molecular complexity index is 665. The molecule has 0 saturated heterocycles. The zero-order valence-corrected chi connectivity index (χ0v) is 13.0. The summed E-state index contributed by atoms with van der Waals surface area (Å²) in [5.74, 6) is 0. The van der Waals surface area contributed by atoms with Gasteiger partial charge in [-0.3, -0.25) is 4.68 Å². The van der Waals surface area contributed by atoms with Crippen LogP contribution in [0, 0.1) is 0 Å². The number of halogens is 1. The van der Waals surface area contributed by atoms with Gasteiger partial charge in [-0.15, -0.1) is 0 Å². The second-order valence-electron chi connectivity index (χ2n) is 4.24. The van der Waals surface area contributed by atoms with Crippen LogP contribution in [0.15, 0.2) is 46.0 Å². The van der Waals surface area contributed by atoms with Crippen molar-refractivity contribution in [1.82, 2.24) is 14.1 Å². The van der Waals surface area contributed by atoms with Crippen molar-refractivity contribution in [3.8, 4) is 0 Å². The van der Waals surface area contributed by atoms with Crippen LogP contribution in [0.4, 0.5) is 0 Å². The Morgan fingerprint density at radius 3 is 2.47 bits per heavy atom. The van der Waals surface area contributed by atoms with E-state index in [0.717, 1.165) is 10.0 Å². The number of nitrogens with zero attached hydrogens (tertiary/aromatic N) is 3. The fourth-order valence-corrected chi connectivity index (χ4v) is 3.05. The standard InChI is InChI=1S/C12H14BrN3O2S/c1-15-9-12(7-14-15)19(17,18)16(2)8-10-3-5-11(13)6-4-10/h3-7,9H,8H2,1-2H3. The summed E-state index contributed by atoms with van der Waals surface area (Å²) in [5.41, 5.74) is 0.929. The van der Waals surface area contributed by atoms with Crippen LogP contribution in [0.2, 0.25) is 0 Å². The van der Waals surface area contributed by atoms with E-state index in [0.29, 0.717) is 6.54 Å². The molecule has 2 aromatic rings. The molecule has 0 N–H and O–H groups in total. The molecule has 0 bridgehead atoms. The van der Waals surface area contributed by atoms with Gasteiger partial charge < -0.3 is 0 Å². The van der Waals surface area contributed by atoms with Crippen LogP contribution in [0.1, 0.15) is 5.56 Å². The topological polar surface area (TPSA) is 55.2 Å². The van der Waals surface area contributed by atoms with Crippen LogP contribution >= 0.6 is 15.9 Å². The van der Waals surface area contributed by atoms with Crippen molar-refractivity contribution in [3.05, 3.63) is 46.7 Å². The number of sulfonamides is 1. The maximum Gasteiger partial charge on any atom is 0.246 e. The van der Waals surface area contributed by atoms with Gasteiger partial charge in [0.25, 0.3) is 0 Å². The highest BCUT2D eigenvalue weighted by atomic mass is 79.9. The summed E-state index contributed by atoms with van der Waals surface area (Å²) in [6.45, 7) is 0.324. The average Bonchev–Trinajstić information content (AvgIpc) is 2.79. The first-order chi connectivity index (χ1) is 8.89. The van der Waals surface area contributed by atoms with Gasteiger partial charge in [-0.25, -0.2) is 8.42 Å². The van der Waals surface area contributed by atoms with Gasteiger partial charge in [-0.2, -0.15) is 9.40 Å². The molecule has 0 aliphatic carbocycles. The fourth-order valence-electron chi connectivity index (χ4n) is 1.64. The van der Waals surface area contributed by atoms with Crippen LogP contribution in [-0.4, -0.2) is 29.6 Å². The van der Waals surface area contributed by atoms with Gasteiger partial charge in [0.2, 0.25) is 10.0 Å². The predicted octanol–water partition coefficient (Wildman–Crippen LogP) is 2.00. The third-order valence-corrected chi connectivity index (χ3v) is 4.99. The van der Waals surface area contributed by atoms with Gasteiger partial charge >= 0.3 is 0 Å². The number of aromatic nitrogens is 2. The lowest BCUT2D eigenvalue weighted by Crippen LogP contribution is -2.26. The van der Waals surface area contributed by atoms with E-state index in [4.69, 9.17) is 0 Å². The van der Waals surface area contributed by atoms with Gasteiger partial charge in [0.15, 0.2) is 0 Å². The van der Waals surface area contributed by atoms with Crippen molar-refractivity contribution in [2.75, 3.05) is 7.05 Å². The highest BCUT2D eigenvalue weighted by molar-refractivity contribution is 9.10. The first-order valence-electron chi connectivity index (χ1n) is 5.59. The van der Waals surface area contributed by atoms with Gasteiger partial charge in [-0.1, -0.05) is 28.1 Å². The molecule has 1 heterocycles. The molecular formula is C12H14BrN3O2S. The molecule has 0 unspecified atom stereocenters. The average molecular weight is 344 g/mol. The number of hydrogen-bond donors (Lipinski definition) is 0. The molecular weight excluding hydrogens is 330 g/mol. The molecule has 0 saturated carbocycles. The van der Waals surface area contributed by atoms with E-state index < -0.39 is 10.0 Å². The molecule has 0 radical (unpaired) electrons. The Morgan fingerprint density at radius 1 is 1.32 bits per heavy atom. The zero-order chi connectivity index (χ0) is 14.0. The molecule has 0 atom stereocenters. The van der Waals surface area contributed by atoms with Gasteiger partial charge in [0.05, 0.1) is 6.20 Å². The van der Waals surface area contributed by atoms with Gasteiger partial charge in [0, 0.05) is 31.3 Å². The lowest BCUT2D eigenvalue weighted by atomic mass is 10.2. The highest BCUT2D eigenvalue weighted by Crippen LogP contribution is 2.17. The maximum atomic E-state index is 12.3. The van der Waals surface area contributed by atoms with Crippen LogP contribution in [0.25, 0.3) is 0 Å². The quantitative estimate of drug-likeness (QED) is 0.853. The summed E-state index contributed by atoms with van der Waals surface area (Å²) in [4.78, 5) is 0.203. The fraction of sp³-hybridized carbons (Fsp3) is 0.250. The Morgan fingerprint density at radius 2 is 1.95 bits per heavy atom. The monoisotopic (exact) mass is 343 g/mol.